The average molecular weight is 286 g/mol. The second-order valence-electron chi connectivity index (χ2n) is 5.64. The summed E-state index contributed by atoms with van der Waals surface area (Å²) >= 11 is 1.72. The molecule has 1 saturated heterocycles. The molecule has 1 aliphatic heterocycles. The minimum Gasteiger partial charge on any atom is -0.352 e. The molecule has 0 aliphatic carbocycles. The van der Waals surface area contributed by atoms with Crippen LogP contribution in [-0.4, -0.2) is 46.8 Å². The van der Waals surface area contributed by atoms with Gasteiger partial charge in [0.2, 0.25) is 11.8 Å². The smallest absolute Gasteiger partial charge is 0.232 e. The van der Waals surface area contributed by atoms with Crippen molar-refractivity contribution in [3.05, 3.63) is 0 Å². The van der Waals surface area contributed by atoms with Crippen LogP contribution in [0.4, 0.5) is 0 Å². The highest BCUT2D eigenvalue weighted by molar-refractivity contribution is 8.00. The molecule has 0 aromatic rings. The molecule has 1 N–H and O–H groups in total. The van der Waals surface area contributed by atoms with Crippen LogP contribution >= 0.6 is 11.8 Å². The monoisotopic (exact) mass is 286 g/mol. The zero-order valence-electron chi connectivity index (χ0n) is 12.4. The Balaban J connectivity index is 2.37. The first-order chi connectivity index (χ1) is 8.90. The Bertz CT molecular complexity index is 321. The van der Waals surface area contributed by atoms with Gasteiger partial charge in [-0.15, -0.1) is 11.8 Å². The van der Waals surface area contributed by atoms with E-state index in [0.29, 0.717) is 23.5 Å². The molecule has 5 heteroatoms. The number of carbonyl (C=O) groups excluding carboxylic acids is 2. The number of nitrogens with one attached hydrogen (secondary N) is 1. The van der Waals surface area contributed by atoms with Crippen LogP contribution in [0.25, 0.3) is 0 Å². The highest BCUT2D eigenvalue weighted by atomic mass is 32.2. The van der Waals surface area contributed by atoms with Crippen LogP contribution in [0.2, 0.25) is 0 Å². The summed E-state index contributed by atoms with van der Waals surface area (Å²) in [6.45, 7) is 9.53. The fraction of sp³-hybridized carbons (Fsp3) is 0.857. The molecule has 0 saturated carbocycles. The van der Waals surface area contributed by atoms with E-state index in [4.69, 9.17) is 0 Å². The van der Waals surface area contributed by atoms with Gasteiger partial charge in [0.1, 0.15) is 0 Å². The topological polar surface area (TPSA) is 49.4 Å². The summed E-state index contributed by atoms with van der Waals surface area (Å²) in [5.74, 6) is 1.33. The minimum atomic E-state index is -0.0119. The molecular formula is C14H26N2O2S. The lowest BCUT2D eigenvalue weighted by atomic mass is 10.1. The normalized spacial score (nSPS) is 21.3. The van der Waals surface area contributed by atoms with E-state index in [2.05, 4.69) is 26.1 Å². The van der Waals surface area contributed by atoms with Crippen molar-refractivity contribution in [3.63, 3.8) is 0 Å². The Morgan fingerprint density at radius 1 is 1.37 bits per heavy atom. The first-order valence-corrected chi connectivity index (χ1v) is 8.11. The first kappa shape index (κ1) is 16.3. The van der Waals surface area contributed by atoms with Gasteiger partial charge in [0.15, 0.2) is 0 Å². The number of piperidine rings is 1. The maximum Gasteiger partial charge on any atom is 0.232 e. The number of rotatable bonds is 5. The minimum absolute atomic E-state index is 0.0119. The number of nitrogens with zero attached hydrogens (tertiary/aromatic N) is 1. The van der Waals surface area contributed by atoms with Crippen molar-refractivity contribution in [1.29, 1.82) is 0 Å². The fourth-order valence-electron chi connectivity index (χ4n) is 2.10. The Hall–Kier alpha value is -0.710. The molecule has 0 spiro atoms. The molecule has 1 rings (SSSR count). The molecule has 4 nitrogen and oxygen atoms in total. The molecule has 110 valence electrons. The SMILES string of the molecule is CC(=O)N[C@H]1CCCN(C(=O)CS[C@H](C)C(C)C)C1. The molecule has 1 fully saturated rings. The quantitative estimate of drug-likeness (QED) is 0.839. The number of thioether (sulfide) groups is 1. The van der Waals surface area contributed by atoms with Gasteiger partial charge >= 0.3 is 0 Å². The van der Waals surface area contributed by atoms with Crippen molar-refractivity contribution in [2.24, 2.45) is 5.92 Å². The van der Waals surface area contributed by atoms with Crippen molar-refractivity contribution < 1.29 is 9.59 Å². The summed E-state index contributed by atoms with van der Waals surface area (Å²) in [4.78, 5) is 25.1. The lowest BCUT2D eigenvalue weighted by Crippen LogP contribution is -2.49. The second-order valence-corrected chi connectivity index (χ2v) is 7.01. The van der Waals surface area contributed by atoms with Crippen LogP contribution in [-0.2, 0) is 9.59 Å². The van der Waals surface area contributed by atoms with E-state index in [1.807, 2.05) is 4.90 Å². The van der Waals surface area contributed by atoms with Crippen LogP contribution in [0.1, 0.15) is 40.5 Å². The predicted octanol–water partition coefficient (Wildman–Crippen LogP) is 1.89. The van der Waals surface area contributed by atoms with Gasteiger partial charge in [-0.2, -0.15) is 0 Å². The molecule has 2 atom stereocenters. The molecule has 0 aromatic heterocycles. The van der Waals surface area contributed by atoms with Crippen LogP contribution < -0.4 is 5.32 Å². The Labute approximate surface area is 120 Å². The molecule has 1 heterocycles. The molecule has 0 aromatic carbocycles. The van der Waals surface area contributed by atoms with Gasteiger partial charge in [0.05, 0.1) is 5.75 Å². The van der Waals surface area contributed by atoms with Gasteiger partial charge in [-0.25, -0.2) is 0 Å². The van der Waals surface area contributed by atoms with E-state index in [-0.39, 0.29) is 17.9 Å². The fourth-order valence-corrected chi connectivity index (χ4v) is 3.07. The number of hydrogen-bond acceptors (Lipinski definition) is 3. The largest absolute Gasteiger partial charge is 0.352 e. The summed E-state index contributed by atoms with van der Waals surface area (Å²) < 4.78 is 0. The third-order valence-electron chi connectivity index (χ3n) is 3.59. The van der Waals surface area contributed by atoms with Gasteiger partial charge in [0.25, 0.3) is 0 Å². The van der Waals surface area contributed by atoms with Gasteiger partial charge in [-0.1, -0.05) is 20.8 Å². The third-order valence-corrected chi connectivity index (χ3v) is 5.07. The first-order valence-electron chi connectivity index (χ1n) is 7.06. The molecule has 0 radical (unpaired) electrons. The van der Waals surface area contributed by atoms with E-state index in [0.717, 1.165) is 19.4 Å². The van der Waals surface area contributed by atoms with Gasteiger partial charge < -0.3 is 10.2 Å². The zero-order chi connectivity index (χ0) is 14.4. The van der Waals surface area contributed by atoms with Crippen molar-refractivity contribution in [2.75, 3.05) is 18.8 Å². The second kappa shape index (κ2) is 7.78. The van der Waals surface area contributed by atoms with Crippen LogP contribution in [0, 0.1) is 5.92 Å². The third kappa shape index (κ3) is 5.85. The lowest BCUT2D eigenvalue weighted by molar-refractivity contribution is -0.130. The molecule has 19 heavy (non-hydrogen) atoms. The highest BCUT2D eigenvalue weighted by Crippen LogP contribution is 2.20. The molecule has 0 bridgehead atoms. The summed E-state index contributed by atoms with van der Waals surface area (Å²) in [6.07, 6.45) is 1.94. The molecule has 2 amide bonds. The summed E-state index contributed by atoms with van der Waals surface area (Å²) in [6, 6.07) is 0.128. The molecule has 0 unspecified atom stereocenters. The van der Waals surface area contributed by atoms with Gasteiger partial charge in [-0.05, 0) is 18.8 Å². The maximum absolute atomic E-state index is 12.1. The Kier molecular flexibility index (Phi) is 6.69. The van der Waals surface area contributed by atoms with Crippen molar-refractivity contribution in [1.82, 2.24) is 10.2 Å². The summed E-state index contributed by atoms with van der Waals surface area (Å²) in [7, 11) is 0. The number of carbonyl (C=O) groups is 2. The summed E-state index contributed by atoms with van der Waals surface area (Å²) in [5, 5.41) is 3.41. The van der Waals surface area contributed by atoms with Crippen LogP contribution in [0.3, 0.4) is 0 Å². The van der Waals surface area contributed by atoms with E-state index < -0.39 is 0 Å². The summed E-state index contributed by atoms with van der Waals surface area (Å²) in [5.41, 5.74) is 0. The van der Waals surface area contributed by atoms with E-state index in [1.165, 1.54) is 6.92 Å². The molecule has 1 aliphatic rings. The van der Waals surface area contributed by atoms with E-state index in [9.17, 15) is 9.59 Å². The molecular weight excluding hydrogens is 260 g/mol. The average Bonchev–Trinajstić information content (AvgIpc) is 2.34. The van der Waals surface area contributed by atoms with Gasteiger partial charge in [-0.3, -0.25) is 9.59 Å². The van der Waals surface area contributed by atoms with E-state index >= 15 is 0 Å². The van der Waals surface area contributed by atoms with Crippen molar-refractivity contribution in [3.8, 4) is 0 Å². The van der Waals surface area contributed by atoms with Gasteiger partial charge in [0, 0.05) is 31.3 Å². The van der Waals surface area contributed by atoms with Crippen molar-refractivity contribution in [2.45, 2.75) is 51.8 Å². The Morgan fingerprint density at radius 2 is 2.05 bits per heavy atom. The predicted molar refractivity (Wildman–Crippen MR) is 80.2 cm³/mol. The zero-order valence-corrected chi connectivity index (χ0v) is 13.3. The number of amides is 2. The lowest BCUT2D eigenvalue weighted by Gasteiger charge is -2.33. The standard InChI is InChI=1S/C14H26N2O2S/c1-10(2)11(3)19-9-14(18)16-7-5-6-13(8-16)15-12(4)17/h10-11,13H,5-9H2,1-4H3,(H,15,17)/t11-,13+/m1/s1. The maximum atomic E-state index is 12.1. The Morgan fingerprint density at radius 3 is 2.63 bits per heavy atom. The highest BCUT2D eigenvalue weighted by Gasteiger charge is 2.24. The van der Waals surface area contributed by atoms with Crippen molar-refractivity contribution >= 4 is 23.6 Å². The van der Waals surface area contributed by atoms with E-state index in [1.54, 1.807) is 11.8 Å². The van der Waals surface area contributed by atoms with Crippen LogP contribution in [0.15, 0.2) is 0 Å². The number of likely N-dealkylation sites (tertiary alicyclic amines) is 1. The number of hydrogen-bond donors (Lipinski definition) is 1. The van der Waals surface area contributed by atoms with Crippen LogP contribution in [0.5, 0.6) is 0 Å².